The maximum absolute atomic E-state index is 11.0. The van der Waals surface area contributed by atoms with Gasteiger partial charge in [0.1, 0.15) is 23.9 Å². The molecule has 0 spiro atoms. The molecule has 2 N–H and O–H groups in total. The molecule has 0 aromatic heterocycles. The number of aryl methyl sites for hydroxylation is 1. The summed E-state index contributed by atoms with van der Waals surface area (Å²) < 4.78 is 23.6. The van der Waals surface area contributed by atoms with Crippen molar-refractivity contribution in [2.75, 3.05) is 51.4 Å². The van der Waals surface area contributed by atoms with Crippen molar-refractivity contribution >= 4 is 5.69 Å². The smallest absolute Gasteiger partial charge is 0.142 e. The van der Waals surface area contributed by atoms with Gasteiger partial charge in [0.15, 0.2) is 0 Å². The standard InChI is InChI=1S/C33H39N3O5/c1-3-24-18-28(11-8-26(24)19-34)41-27-9-6-25(7-10-27)33-30(37)20-35-21-32(33)40-22-23-5-12-31-29(17-23)36(14-16-39-31)13-4-15-38-2/h5-12,17-18,30,32-33,35,37H,3-4,13-16,20-22H2,1-2H3/t30-,32+,33+/m1/s1. The summed E-state index contributed by atoms with van der Waals surface area (Å²) in [5.41, 5.74) is 4.81. The molecule has 0 radical (unpaired) electrons. The van der Waals surface area contributed by atoms with Crippen molar-refractivity contribution in [3.05, 3.63) is 82.9 Å². The summed E-state index contributed by atoms with van der Waals surface area (Å²) in [4.78, 5) is 2.35. The highest BCUT2D eigenvalue weighted by Crippen LogP contribution is 2.35. The second-order valence-electron chi connectivity index (χ2n) is 10.5. The van der Waals surface area contributed by atoms with Crippen molar-refractivity contribution in [2.45, 2.75) is 44.5 Å². The van der Waals surface area contributed by atoms with Crippen LogP contribution < -0.4 is 19.7 Å². The lowest BCUT2D eigenvalue weighted by atomic mass is 9.85. The monoisotopic (exact) mass is 557 g/mol. The Labute approximate surface area is 242 Å². The van der Waals surface area contributed by atoms with E-state index < -0.39 is 6.10 Å². The lowest BCUT2D eigenvalue weighted by molar-refractivity contribution is -0.0328. The Hall–Kier alpha value is -3.61. The first-order valence-electron chi connectivity index (χ1n) is 14.4. The zero-order chi connectivity index (χ0) is 28.6. The summed E-state index contributed by atoms with van der Waals surface area (Å²) in [6.07, 6.45) is 0.960. The Morgan fingerprint density at radius 1 is 1.07 bits per heavy atom. The number of ether oxygens (including phenoxy) is 4. The van der Waals surface area contributed by atoms with E-state index in [1.807, 2.05) is 49.4 Å². The lowest BCUT2D eigenvalue weighted by Gasteiger charge is -2.36. The molecule has 3 atom stereocenters. The van der Waals surface area contributed by atoms with Gasteiger partial charge in [-0.2, -0.15) is 5.26 Å². The van der Waals surface area contributed by atoms with Gasteiger partial charge in [0.05, 0.1) is 42.7 Å². The number of aliphatic hydroxyl groups excluding tert-OH is 1. The number of benzene rings is 3. The third-order valence-corrected chi connectivity index (χ3v) is 7.82. The van der Waals surface area contributed by atoms with Crippen LogP contribution in [0.3, 0.4) is 0 Å². The van der Waals surface area contributed by atoms with Crippen molar-refractivity contribution in [2.24, 2.45) is 0 Å². The van der Waals surface area contributed by atoms with Crippen molar-refractivity contribution in [3.8, 4) is 23.3 Å². The Balaban J connectivity index is 1.25. The minimum Gasteiger partial charge on any atom is -0.490 e. The maximum Gasteiger partial charge on any atom is 0.142 e. The average molecular weight is 558 g/mol. The number of aliphatic hydroxyl groups is 1. The van der Waals surface area contributed by atoms with Gasteiger partial charge in [-0.1, -0.05) is 25.1 Å². The predicted molar refractivity (Wildman–Crippen MR) is 158 cm³/mol. The fourth-order valence-corrected chi connectivity index (χ4v) is 5.65. The second-order valence-corrected chi connectivity index (χ2v) is 10.5. The van der Waals surface area contributed by atoms with E-state index in [9.17, 15) is 10.4 Å². The minimum absolute atomic E-state index is 0.168. The molecule has 0 unspecified atom stereocenters. The lowest BCUT2D eigenvalue weighted by Crippen LogP contribution is -2.49. The molecule has 2 heterocycles. The molecular weight excluding hydrogens is 518 g/mol. The number of anilines is 1. The summed E-state index contributed by atoms with van der Waals surface area (Å²) in [5, 5.41) is 23.6. The fourth-order valence-electron chi connectivity index (χ4n) is 5.65. The highest BCUT2D eigenvalue weighted by Gasteiger charge is 2.34. The van der Waals surface area contributed by atoms with E-state index in [4.69, 9.17) is 18.9 Å². The van der Waals surface area contributed by atoms with Crippen LogP contribution in [0.25, 0.3) is 0 Å². The number of nitriles is 1. The molecule has 8 heteroatoms. The summed E-state index contributed by atoms with van der Waals surface area (Å²) >= 11 is 0. The SMILES string of the molecule is CCc1cc(Oc2ccc([C@H]3[C@H](O)CNC[C@@H]3OCc3ccc4c(c3)N(CCCOC)CCO4)cc2)ccc1C#N. The first-order chi connectivity index (χ1) is 20.1. The van der Waals surface area contributed by atoms with Gasteiger partial charge in [0.25, 0.3) is 0 Å². The van der Waals surface area contributed by atoms with Gasteiger partial charge >= 0.3 is 0 Å². The van der Waals surface area contributed by atoms with Crippen molar-refractivity contribution in [1.82, 2.24) is 5.32 Å². The van der Waals surface area contributed by atoms with Crippen LogP contribution in [0.15, 0.2) is 60.7 Å². The maximum atomic E-state index is 11.0. The molecule has 3 aromatic carbocycles. The topological polar surface area (TPSA) is 96.2 Å². The molecule has 0 saturated carbocycles. The number of nitrogens with one attached hydrogen (secondary N) is 1. The third kappa shape index (κ3) is 7.00. The van der Waals surface area contributed by atoms with Crippen molar-refractivity contribution < 1.29 is 24.1 Å². The molecule has 216 valence electrons. The number of piperidine rings is 1. The van der Waals surface area contributed by atoms with Crippen molar-refractivity contribution in [3.63, 3.8) is 0 Å². The van der Waals surface area contributed by atoms with Crippen LogP contribution in [0.2, 0.25) is 0 Å². The quantitative estimate of drug-likeness (QED) is 0.325. The Bertz CT molecular complexity index is 1340. The van der Waals surface area contributed by atoms with E-state index in [0.717, 1.165) is 60.7 Å². The number of hydrogen-bond acceptors (Lipinski definition) is 8. The molecule has 3 aromatic rings. The highest BCUT2D eigenvalue weighted by atomic mass is 16.5. The molecule has 0 aliphatic carbocycles. The molecule has 0 amide bonds. The summed E-state index contributed by atoms with van der Waals surface area (Å²) in [5.74, 6) is 2.13. The van der Waals surface area contributed by atoms with Crippen LogP contribution in [0.1, 0.15) is 41.5 Å². The highest BCUT2D eigenvalue weighted by molar-refractivity contribution is 5.61. The van der Waals surface area contributed by atoms with Crippen LogP contribution >= 0.6 is 0 Å². The molecule has 2 aliphatic heterocycles. The molecule has 41 heavy (non-hydrogen) atoms. The molecule has 2 aliphatic rings. The van der Waals surface area contributed by atoms with E-state index in [0.29, 0.717) is 43.4 Å². The van der Waals surface area contributed by atoms with Gasteiger partial charge in [-0.3, -0.25) is 0 Å². The first kappa shape index (κ1) is 28.9. The number of rotatable bonds is 11. The summed E-state index contributed by atoms with van der Waals surface area (Å²) in [7, 11) is 1.73. The van der Waals surface area contributed by atoms with Crippen LogP contribution in [-0.2, 0) is 22.5 Å². The predicted octanol–water partition coefficient (Wildman–Crippen LogP) is 4.78. The van der Waals surface area contributed by atoms with Crippen molar-refractivity contribution in [1.29, 1.82) is 5.26 Å². The number of methoxy groups -OCH3 is 1. The summed E-state index contributed by atoms with van der Waals surface area (Å²) in [6.45, 7) is 6.82. The minimum atomic E-state index is -0.570. The molecule has 8 nitrogen and oxygen atoms in total. The van der Waals surface area contributed by atoms with Crippen LogP contribution in [0.4, 0.5) is 5.69 Å². The molecular formula is C33H39N3O5. The average Bonchev–Trinajstić information content (AvgIpc) is 3.00. The number of fused-ring (bicyclic) bond motifs is 1. The largest absolute Gasteiger partial charge is 0.490 e. The first-order valence-corrected chi connectivity index (χ1v) is 14.4. The van der Waals surface area contributed by atoms with Gasteiger partial charge in [-0.25, -0.2) is 0 Å². The fraction of sp³-hybridized carbons (Fsp3) is 0.424. The number of hydrogen-bond donors (Lipinski definition) is 2. The van der Waals surface area contributed by atoms with E-state index in [1.165, 1.54) is 0 Å². The molecule has 1 fully saturated rings. The van der Waals surface area contributed by atoms with Crippen LogP contribution in [-0.4, -0.2) is 63.8 Å². The van der Waals surface area contributed by atoms with E-state index in [1.54, 1.807) is 13.2 Å². The van der Waals surface area contributed by atoms with E-state index in [-0.39, 0.29) is 12.0 Å². The molecule has 0 bridgehead atoms. The Morgan fingerprint density at radius 3 is 2.68 bits per heavy atom. The van der Waals surface area contributed by atoms with E-state index >= 15 is 0 Å². The van der Waals surface area contributed by atoms with Gasteiger partial charge in [-0.05, 0) is 72.0 Å². The zero-order valence-corrected chi connectivity index (χ0v) is 23.8. The van der Waals surface area contributed by atoms with Gasteiger partial charge in [-0.15, -0.1) is 0 Å². The number of nitrogens with zero attached hydrogens (tertiary/aromatic N) is 2. The Morgan fingerprint density at radius 2 is 1.90 bits per heavy atom. The second kappa shape index (κ2) is 13.8. The van der Waals surface area contributed by atoms with Crippen LogP contribution in [0, 0.1) is 11.3 Å². The van der Waals surface area contributed by atoms with Gasteiger partial charge < -0.3 is 34.3 Å². The molecule has 1 saturated heterocycles. The third-order valence-electron chi connectivity index (χ3n) is 7.82. The summed E-state index contributed by atoms with van der Waals surface area (Å²) in [6, 6.07) is 21.8. The van der Waals surface area contributed by atoms with E-state index in [2.05, 4.69) is 28.4 Å². The molecule has 5 rings (SSSR count). The van der Waals surface area contributed by atoms with Gasteiger partial charge in [0.2, 0.25) is 0 Å². The van der Waals surface area contributed by atoms with Crippen LogP contribution in [0.5, 0.6) is 17.2 Å². The number of β-amino-alcohol motifs (C(OH)–C–C–N with tert-alkyl or cyclic N) is 1. The van der Waals surface area contributed by atoms with Gasteiger partial charge in [0, 0.05) is 39.3 Å². The zero-order valence-electron chi connectivity index (χ0n) is 23.8. The normalized spacial score (nSPS) is 20.1. The Kier molecular flexibility index (Phi) is 9.75.